The predicted molar refractivity (Wildman–Crippen MR) is 98.6 cm³/mol. The average molecular weight is 390 g/mol. The molecule has 1 heterocycles. The Bertz CT molecular complexity index is 859. The summed E-state index contributed by atoms with van der Waals surface area (Å²) >= 11 is 0. The van der Waals surface area contributed by atoms with Crippen LogP contribution in [0.2, 0.25) is 0 Å². The molecule has 0 aromatic heterocycles. The fraction of sp³-hybridized carbons (Fsp3) is 0.333. The third-order valence-electron chi connectivity index (χ3n) is 4.68. The molecular formula is C21H21F3N2O2. The molecule has 0 radical (unpaired) electrons. The molecule has 1 saturated heterocycles. The van der Waals surface area contributed by atoms with Crippen LogP contribution in [0.3, 0.4) is 0 Å². The van der Waals surface area contributed by atoms with E-state index < -0.39 is 11.7 Å². The lowest BCUT2D eigenvalue weighted by molar-refractivity contribution is -0.137. The van der Waals surface area contributed by atoms with Crippen molar-refractivity contribution in [3.05, 3.63) is 70.8 Å². The number of nitrogens with zero attached hydrogens (tertiary/aromatic N) is 1. The lowest BCUT2D eigenvalue weighted by Gasteiger charge is -2.15. The molecule has 2 amide bonds. The summed E-state index contributed by atoms with van der Waals surface area (Å²) in [5.74, 6) is -0.398. The maximum absolute atomic E-state index is 12.8. The van der Waals surface area contributed by atoms with Crippen LogP contribution in [0.15, 0.2) is 48.5 Å². The highest BCUT2D eigenvalue weighted by molar-refractivity contribution is 5.94. The van der Waals surface area contributed by atoms with E-state index in [1.165, 1.54) is 12.1 Å². The van der Waals surface area contributed by atoms with Crippen molar-refractivity contribution in [2.45, 2.75) is 32.0 Å². The summed E-state index contributed by atoms with van der Waals surface area (Å²) < 4.78 is 38.3. The van der Waals surface area contributed by atoms with Gasteiger partial charge in [-0.25, -0.2) is 0 Å². The van der Waals surface area contributed by atoms with Gasteiger partial charge in [0.05, 0.1) is 12.0 Å². The Balaban J connectivity index is 1.57. The molecule has 2 aromatic rings. The molecule has 2 aromatic carbocycles. The van der Waals surface area contributed by atoms with E-state index >= 15 is 0 Å². The van der Waals surface area contributed by atoms with Crippen molar-refractivity contribution in [1.29, 1.82) is 0 Å². The minimum atomic E-state index is -4.44. The standard InChI is InChI=1S/C21H21F3N2O2/c22-21(23,24)18-8-4-5-15(12-18)13-19(27)25-14-16-6-3-7-17(11-16)20(28)26-9-1-2-10-26/h3-8,11-12H,1-2,9-10,13-14H2,(H,25,27). The first-order chi connectivity index (χ1) is 13.3. The monoisotopic (exact) mass is 390 g/mol. The van der Waals surface area contributed by atoms with Gasteiger partial charge in [-0.3, -0.25) is 9.59 Å². The number of likely N-dealkylation sites (tertiary alicyclic amines) is 1. The molecule has 1 aliphatic heterocycles. The third-order valence-corrected chi connectivity index (χ3v) is 4.68. The molecule has 4 nitrogen and oxygen atoms in total. The van der Waals surface area contributed by atoms with Gasteiger partial charge in [-0.15, -0.1) is 0 Å². The highest BCUT2D eigenvalue weighted by atomic mass is 19.4. The van der Waals surface area contributed by atoms with Crippen LogP contribution < -0.4 is 5.32 Å². The number of amides is 2. The molecule has 0 bridgehead atoms. The quantitative estimate of drug-likeness (QED) is 0.844. The summed E-state index contributed by atoms with van der Waals surface area (Å²) in [5, 5.41) is 2.70. The molecular weight excluding hydrogens is 369 g/mol. The predicted octanol–water partition coefficient (Wildman–Crippen LogP) is 3.80. The fourth-order valence-corrected chi connectivity index (χ4v) is 3.22. The van der Waals surface area contributed by atoms with Crippen LogP contribution in [0, 0.1) is 0 Å². The second-order valence-corrected chi connectivity index (χ2v) is 6.85. The maximum atomic E-state index is 12.8. The first kappa shape index (κ1) is 19.9. The van der Waals surface area contributed by atoms with Crippen LogP contribution in [0.25, 0.3) is 0 Å². The van der Waals surface area contributed by atoms with E-state index in [0.29, 0.717) is 11.1 Å². The van der Waals surface area contributed by atoms with Gasteiger partial charge in [0.2, 0.25) is 5.91 Å². The van der Waals surface area contributed by atoms with Gasteiger partial charge >= 0.3 is 6.18 Å². The Morgan fingerprint density at radius 2 is 1.64 bits per heavy atom. The van der Waals surface area contributed by atoms with Crippen molar-refractivity contribution in [2.24, 2.45) is 0 Å². The topological polar surface area (TPSA) is 49.4 Å². The fourth-order valence-electron chi connectivity index (χ4n) is 3.22. The van der Waals surface area contributed by atoms with E-state index in [4.69, 9.17) is 0 Å². The Morgan fingerprint density at radius 3 is 2.36 bits per heavy atom. The molecule has 0 atom stereocenters. The van der Waals surface area contributed by atoms with Gasteiger partial charge in [-0.05, 0) is 42.2 Å². The smallest absolute Gasteiger partial charge is 0.352 e. The molecule has 148 valence electrons. The largest absolute Gasteiger partial charge is 0.416 e. The van der Waals surface area contributed by atoms with Crippen LogP contribution in [0.4, 0.5) is 13.2 Å². The van der Waals surface area contributed by atoms with Gasteiger partial charge in [0.15, 0.2) is 0 Å². The van der Waals surface area contributed by atoms with Crippen molar-refractivity contribution in [1.82, 2.24) is 10.2 Å². The first-order valence-corrected chi connectivity index (χ1v) is 9.14. The molecule has 1 fully saturated rings. The molecule has 1 N–H and O–H groups in total. The number of halogens is 3. The van der Waals surface area contributed by atoms with E-state index in [2.05, 4.69) is 5.32 Å². The van der Waals surface area contributed by atoms with Gasteiger partial charge < -0.3 is 10.2 Å². The minimum Gasteiger partial charge on any atom is -0.352 e. The lowest BCUT2D eigenvalue weighted by Crippen LogP contribution is -2.28. The van der Waals surface area contributed by atoms with Crippen LogP contribution in [-0.4, -0.2) is 29.8 Å². The third kappa shape index (κ3) is 5.12. The molecule has 0 spiro atoms. The van der Waals surface area contributed by atoms with E-state index in [1.807, 2.05) is 4.90 Å². The van der Waals surface area contributed by atoms with E-state index in [9.17, 15) is 22.8 Å². The van der Waals surface area contributed by atoms with Crippen LogP contribution in [0.5, 0.6) is 0 Å². The number of hydrogen-bond acceptors (Lipinski definition) is 2. The Kier molecular flexibility index (Phi) is 6.02. The normalized spacial score (nSPS) is 14.2. The van der Waals surface area contributed by atoms with Crippen molar-refractivity contribution >= 4 is 11.8 Å². The molecule has 0 unspecified atom stereocenters. The number of nitrogens with one attached hydrogen (secondary N) is 1. The van der Waals surface area contributed by atoms with Gasteiger partial charge in [0.1, 0.15) is 0 Å². The van der Waals surface area contributed by atoms with Crippen molar-refractivity contribution in [3.63, 3.8) is 0 Å². The Morgan fingerprint density at radius 1 is 0.964 bits per heavy atom. The molecule has 0 saturated carbocycles. The first-order valence-electron chi connectivity index (χ1n) is 9.14. The number of benzene rings is 2. The molecule has 28 heavy (non-hydrogen) atoms. The summed E-state index contributed by atoms with van der Waals surface area (Å²) in [6.45, 7) is 1.73. The zero-order valence-electron chi connectivity index (χ0n) is 15.3. The van der Waals surface area contributed by atoms with Crippen molar-refractivity contribution < 1.29 is 22.8 Å². The minimum absolute atomic E-state index is 0.0188. The van der Waals surface area contributed by atoms with Crippen LogP contribution >= 0.6 is 0 Å². The van der Waals surface area contributed by atoms with Gasteiger partial charge in [-0.2, -0.15) is 13.2 Å². The zero-order valence-corrected chi connectivity index (χ0v) is 15.3. The molecule has 0 aliphatic carbocycles. The van der Waals surface area contributed by atoms with Gasteiger partial charge in [0, 0.05) is 25.2 Å². The second-order valence-electron chi connectivity index (χ2n) is 6.85. The van der Waals surface area contributed by atoms with Crippen LogP contribution in [-0.2, 0) is 23.9 Å². The summed E-state index contributed by atoms with van der Waals surface area (Å²) in [6.07, 6.45) is -2.56. The highest BCUT2D eigenvalue weighted by Crippen LogP contribution is 2.29. The second kappa shape index (κ2) is 8.46. The maximum Gasteiger partial charge on any atom is 0.416 e. The number of hydrogen-bond donors (Lipinski definition) is 1. The Labute approximate surface area is 161 Å². The summed E-state index contributed by atoms with van der Waals surface area (Å²) in [4.78, 5) is 26.4. The van der Waals surface area contributed by atoms with E-state index in [1.54, 1.807) is 24.3 Å². The van der Waals surface area contributed by atoms with Crippen molar-refractivity contribution in [2.75, 3.05) is 13.1 Å². The average Bonchev–Trinajstić information content (AvgIpc) is 3.20. The summed E-state index contributed by atoms with van der Waals surface area (Å²) in [7, 11) is 0. The molecule has 1 aliphatic rings. The highest BCUT2D eigenvalue weighted by Gasteiger charge is 2.30. The van der Waals surface area contributed by atoms with E-state index in [0.717, 1.165) is 43.6 Å². The van der Waals surface area contributed by atoms with Crippen molar-refractivity contribution in [3.8, 4) is 0 Å². The lowest BCUT2D eigenvalue weighted by atomic mass is 10.1. The van der Waals surface area contributed by atoms with Crippen LogP contribution in [0.1, 0.15) is 39.9 Å². The number of rotatable bonds is 5. The number of carbonyl (C=O) groups is 2. The van der Waals surface area contributed by atoms with E-state index in [-0.39, 0.29) is 24.8 Å². The summed E-state index contributed by atoms with van der Waals surface area (Å²) in [6, 6.07) is 11.8. The summed E-state index contributed by atoms with van der Waals surface area (Å²) in [5.41, 5.74) is 0.866. The molecule has 3 rings (SSSR count). The molecule has 7 heteroatoms. The SMILES string of the molecule is O=C(Cc1cccc(C(F)(F)F)c1)NCc1cccc(C(=O)N2CCCC2)c1. The number of carbonyl (C=O) groups excluding carboxylic acids is 2. The Hall–Kier alpha value is -2.83. The number of alkyl halides is 3. The van der Waals surface area contributed by atoms with Gasteiger partial charge in [-0.1, -0.05) is 30.3 Å². The van der Waals surface area contributed by atoms with Gasteiger partial charge in [0.25, 0.3) is 5.91 Å². The zero-order chi connectivity index (χ0) is 20.1.